The van der Waals surface area contributed by atoms with E-state index in [1.807, 2.05) is 0 Å². The molecule has 2 rings (SSSR count). The molecule has 0 unspecified atom stereocenters. The molecule has 0 saturated carbocycles. The van der Waals surface area contributed by atoms with Crippen LogP contribution in [0.5, 0.6) is 0 Å². The highest BCUT2D eigenvalue weighted by Crippen LogP contribution is 2.34. The van der Waals surface area contributed by atoms with Crippen LogP contribution >= 0.6 is 0 Å². The Kier molecular flexibility index (Phi) is 3.85. The second-order valence-corrected chi connectivity index (χ2v) is 4.46. The smallest absolute Gasteiger partial charge is 0.356 e. The first-order valence-corrected chi connectivity index (χ1v) is 5.96. The molecule has 0 heterocycles. The van der Waals surface area contributed by atoms with E-state index in [9.17, 15) is 17.6 Å². The topological polar surface area (TPSA) is 35.8 Å². The molecular formula is C15H10F4N2. The summed E-state index contributed by atoms with van der Waals surface area (Å²) >= 11 is 0. The number of nitriles is 1. The fourth-order valence-corrected chi connectivity index (χ4v) is 1.84. The van der Waals surface area contributed by atoms with Gasteiger partial charge in [0, 0.05) is 11.4 Å². The summed E-state index contributed by atoms with van der Waals surface area (Å²) in [5.74, 6) is -0.392. The van der Waals surface area contributed by atoms with Gasteiger partial charge in [-0.1, -0.05) is 0 Å². The molecule has 108 valence electrons. The molecule has 0 bridgehead atoms. The standard InChI is InChI=1S/C15H10F4N2/c1-9-6-11(4-5-14(9)16)21-12-3-2-10(8-20)13(7-12)15(17,18)19/h2-7,21H,1H3. The van der Waals surface area contributed by atoms with Gasteiger partial charge < -0.3 is 5.32 Å². The first-order chi connectivity index (χ1) is 9.81. The summed E-state index contributed by atoms with van der Waals surface area (Å²) in [7, 11) is 0. The Balaban J connectivity index is 2.37. The van der Waals surface area contributed by atoms with E-state index in [1.54, 1.807) is 6.92 Å². The minimum Gasteiger partial charge on any atom is -0.356 e. The number of hydrogen-bond acceptors (Lipinski definition) is 2. The molecule has 2 nitrogen and oxygen atoms in total. The predicted molar refractivity (Wildman–Crippen MR) is 70.6 cm³/mol. The van der Waals surface area contributed by atoms with Gasteiger partial charge in [-0.2, -0.15) is 18.4 Å². The normalized spacial score (nSPS) is 11.0. The van der Waals surface area contributed by atoms with E-state index in [0.29, 0.717) is 11.3 Å². The average Bonchev–Trinajstić information content (AvgIpc) is 2.42. The van der Waals surface area contributed by atoms with E-state index in [1.165, 1.54) is 30.3 Å². The van der Waals surface area contributed by atoms with Crippen LogP contribution < -0.4 is 5.32 Å². The highest BCUT2D eigenvalue weighted by molar-refractivity contribution is 5.63. The van der Waals surface area contributed by atoms with Crippen molar-refractivity contribution in [3.05, 3.63) is 58.9 Å². The first kappa shape index (κ1) is 14.9. The SMILES string of the molecule is Cc1cc(Nc2ccc(C#N)c(C(F)(F)F)c2)ccc1F. The minimum atomic E-state index is -4.61. The number of rotatable bonds is 2. The van der Waals surface area contributed by atoms with Crippen LogP contribution in [0.4, 0.5) is 28.9 Å². The Bertz CT molecular complexity index is 715. The van der Waals surface area contributed by atoms with Crippen molar-refractivity contribution in [3.8, 4) is 6.07 Å². The lowest BCUT2D eigenvalue weighted by molar-refractivity contribution is -0.137. The largest absolute Gasteiger partial charge is 0.417 e. The van der Waals surface area contributed by atoms with E-state index in [-0.39, 0.29) is 5.69 Å². The van der Waals surface area contributed by atoms with Gasteiger partial charge in [0.15, 0.2) is 0 Å². The van der Waals surface area contributed by atoms with Crippen LogP contribution in [0.25, 0.3) is 0 Å². The fourth-order valence-electron chi connectivity index (χ4n) is 1.84. The number of benzene rings is 2. The van der Waals surface area contributed by atoms with Crippen molar-refractivity contribution in [3.63, 3.8) is 0 Å². The summed E-state index contributed by atoms with van der Waals surface area (Å²) in [6.07, 6.45) is -4.61. The quantitative estimate of drug-likeness (QED) is 0.810. The number of anilines is 2. The summed E-state index contributed by atoms with van der Waals surface area (Å²) < 4.78 is 51.7. The zero-order valence-electron chi connectivity index (χ0n) is 10.9. The van der Waals surface area contributed by atoms with Crippen molar-refractivity contribution in [1.29, 1.82) is 5.26 Å². The molecule has 0 aliphatic carbocycles. The maximum atomic E-state index is 13.1. The Morgan fingerprint density at radius 3 is 2.24 bits per heavy atom. The van der Waals surface area contributed by atoms with E-state index < -0.39 is 23.1 Å². The van der Waals surface area contributed by atoms with Crippen molar-refractivity contribution in [1.82, 2.24) is 0 Å². The molecule has 0 aromatic heterocycles. The highest BCUT2D eigenvalue weighted by atomic mass is 19.4. The maximum absolute atomic E-state index is 13.1. The fraction of sp³-hybridized carbons (Fsp3) is 0.133. The summed E-state index contributed by atoms with van der Waals surface area (Å²) in [5.41, 5.74) is -0.430. The molecule has 0 atom stereocenters. The third-order valence-electron chi connectivity index (χ3n) is 2.89. The van der Waals surface area contributed by atoms with Gasteiger partial charge in [0.2, 0.25) is 0 Å². The van der Waals surface area contributed by atoms with E-state index in [2.05, 4.69) is 5.32 Å². The molecule has 21 heavy (non-hydrogen) atoms. The first-order valence-electron chi connectivity index (χ1n) is 5.96. The molecule has 2 aromatic carbocycles. The molecule has 0 aliphatic rings. The van der Waals surface area contributed by atoms with Crippen LogP contribution in [0.2, 0.25) is 0 Å². The zero-order valence-corrected chi connectivity index (χ0v) is 10.9. The van der Waals surface area contributed by atoms with E-state index >= 15 is 0 Å². The highest BCUT2D eigenvalue weighted by Gasteiger charge is 2.33. The molecule has 0 saturated heterocycles. The van der Waals surface area contributed by atoms with Gasteiger partial charge in [0.25, 0.3) is 0 Å². The minimum absolute atomic E-state index is 0.173. The van der Waals surface area contributed by atoms with Crippen LogP contribution in [0.1, 0.15) is 16.7 Å². The lowest BCUT2D eigenvalue weighted by Gasteiger charge is -2.12. The lowest BCUT2D eigenvalue weighted by atomic mass is 10.1. The molecule has 2 aromatic rings. The molecule has 0 spiro atoms. The van der Waals surface area contributed by atoms with Gasteiger partial charge in [0.05, 0.1) is 17.2 Å². The van der Waals surface area contributed by atoms with Crippen LogP contribution in [-0.2, 0) is 6.18 Å². The van der Waals surface area contributed by atoms with Crippen LogP contribution in [0.15, 0.2) is 36.4 Å². The van der Waals surface area contributed by atoms with Gasteiger partial charge in [0.1, 0.15) is 5.82 Å². The van der Waals surface area contributed by atoms with Crippen molar-refractivity contribution < 1.29 is 17.6 Å². The molecule has 0 aliphatic heterocycles. The summed E-state index contributed by atoms with van der Waals surface area (Å²) in [6, 6.07) is 8.98. The number of alkyl halides is 3. The molecule has 1 N–H and O–H groups in total. The second-order valence-electron chi connectivity index (χ2n) is 4.46. The van der Waals surface area contributed by atoms with Crippen LogP contribution in [0.3, 0.4) is 0 Å². The van der Waals surface area contributed by atoms with E-state index in [4.69, 9.17) is 5.26 Å². The van der Waals surface area contributed by atoms with Crippen LogP contribution in [-0.4, -0.2) is 0 Å². The van der Waals surface area contributed by atoms with Gasteiger partial charge in [-0.25, -0.2) is 4.39 Å². The van der Waals surface area contributed by atoms with Crippen molar-refractivity contribution >= 4 is 11.4 Å². The Morgan fingerprint density at radius 2 is 1.67 bits per heavy atom. The number of nitrogens with one attached hydrogen (secondary N) is 1. The molecule has 0 fully saturated rings. The maximum Gasteiger partial charge on any atom is 0.417 e. The molecule has 6 heteroatoms. The lowest BCUT2D eigenvalue weighted by Crippen LogP contribution is -2.08. The Morgan fingerprint density at radius 1 is 1.05 bits per heavy atom. The Labute approximate surface area is 118 Å². The number of aryl methyl sites for hydroxylation is 1. The van der Waals surface area contributed by atoms with Gasteiger partial charge in [-0.3, -0.25) is 0 Å². The van der Waals surface area contributed by atoms with Crippen LogP contribution in [0, 0.1) is 24.1 Å². The molecule has 0 amide bonds. The molecule has 0 radical (unpaired) electrons. The van der Waals surface area contributed by atoms with Crippen molar-refractivity contribution in [2.45, 2.75) is 13.1 Å². The molecular weight excluding hydrogens is 284 g/mol. The number of hydrogen-bond donors (Lipinski definition) is 1. The Hall–Kier alpha value is -2.55. The van der Waals surface area contributed by atoms with Crippen molar-refractivity contribution in [2.24, 2.45) is 0 Å². The average molecular weight is 294 g/mol. The third kappa shape index (κ3) is 3.31. The van der Waals surface area contributed by atoms with Gasteiger partial charge in [-0.05, 0) is 48.9 Å². The number of nitrogens with zero attached hydrogens (tertiary/aromatic N) is 1. The van der Waals surface area contributed by atoms with Crippen molar-refractivity contribution in [2.75, 3.05) is 5.32 Å². The van der Waals surface area contributed by atoms with Gasteiger partial charge >= 0.3 is 6.18 Å². The second kappa shape index (κ2) is 5.44. The predicted octanol–water partition coefficient (Wildman–Crippen LogP) is 4.77. The third-order valence-corrected chi connectivity index (χ3v) is 2.89. The summed E-state index contributed by atoms with van der Waals surface area (Å²) in [5, 5.41) is 11.5. The summed E-state index contributed by atoms with van der Waals surface area (Å²) in [6.45, 7) is 1.56. The van der Waals surface area contributed by atoms with E-state index in [0.717, 1.165) is 12.1 Å². The number of halogens is 4. The zero-order chi connectivity index (χ0) is 15.6. The monoisotopic (exact) mass is 294 g/mol. The van der Waals surface area contributed by atoms with Gasteiger partial charge in [-0.15, -0.1) is 0 Å². The summed E-state index contributed by atoms with van der Waals surface area (Å²) in [4.78, 5) is 0.